The maximum Gasteiger partial charge on any atom is 0.0234 e. The fourth-order valence-corrected chi connectivity index (χ4v) is 3.45. The summed E-state index contributed by atoms with van der Waals surface area (Å²) in [5, 5.41) is 3.58. The lowest BCUT2D eigenvalue weighted by Gasteiger charge is -2.09. The van der Waals surface area contributed by atoms with Gasteiger partial charge in [0.05, 0.1) is 0 Å². The SMILES string of the molecule is Cc1ccc(C)c(CSc2cccc(CNC3CC3)c2)c1. The van der Waals surface area contributed by atoms with E-state index in [1.807, 2.05) is 11.8 Å². The van der Waals surface area contributed by atoms with Crippen molar-refractivity contribution in [3.05, 3.63) is 64.7 Å². The van der Waals surface area contributed by atoms with Crippen molar-refractivity contribution in [2.45, 2.75) is 49.9 Å². The van der Waals surface area contributed by atoms with Crippen LogP contribution in [0.2, 0.25) is 0 Å². The van der Waals surface area contributed by atoms with Crippen molar-refractivity contribution in [1.29, 1.82) is 0 Å². The quantitative estimate of drug-likeness (QED) is 0.765. The van der Waals surface area contributed by atoms with Gasteiger partial charge in [0.1, 0.15) is 0 Å². The van der Waals surface area contributed by atoms with Crippen molar-refractivity contribution in [1.82, 2.24) is 5.32 Å². The monoisotopic (exact) mass is 297 g/mol. The van der Waals surface area contributed by atoms with E-state index in [4.69, 9.17) is 0 Å². The summed E-state index contributed by atoms with van der Waals surface area (Å²) in [6.07, 6.45) is 2.70. The molecule has 0 aromatic heterocycles. The second-order valence-corrected chi connectivity index (χ2v) is 7.07. The van der Waals surface area contributed by atoms with Crippen LogP contribution in [0.1, 0.15) is 35.1 Å². The standard InChI is InChI=1S/C19H23NS/c1-14-6-7-15(2)17(10-14)13-21-19-5-3-4-16(11-19)12-20-18-8-9-18/h3-7,10-11,18,20H,8-9,12-13H2,1-2H3. The lowest BCUT2D eigenvalue weighted by Crippen LogP contribution is -2.15. The number of thioether (sulfide) groups is 1. The number of hydrogen-bond donors (Lipinski definition) is 1. The Morgan fingerprint density at radius 1 is 1.10 bits per heavy atom. The topological polar surface area (TPSA) is 12.0 Å². The normalized spacial score (nSPS) is 14.4. The molecule has 0 amide bonds. The molecule has 3 rings (SSSR count). The minimum atomic E-state index is 0.774. The van der Waals surface area contributed by atoms with Gasteiger partial charge in [-0.3, -0.25) is 0 Å². The largest absolute Gasteiger partial charge is 0.310 e. The van der Waals surface area contributed by atoms with Crippen LogP contribution in [0.3, 0.4) is 0 Å². The van der Waals surface area contributed by atoms with Gasteiger partial charge in [0.25, 0.3) is 0 Å². The molecular formula is C19H23NS. The number of hydrogen-bond acceptors (Lipinski definition) is 2. The Hall–Kier alpha value is -1.25. The Kier molecular flexibility index (Phi) is 4.67. The predicted octanol–water partition coefficient (Wildman–Crippen LogP) is 4.85. The van der Waals surface area contributed by atoms with E-state index < -0.39 is 0 Å². The van der Waals surface area contributed by atoms with Gasteiger partial charge in [0.2, 0.25) is 0 Å². The van der Waals surface area contributed by atoms with Crippen LogP contribution >= 0.6 is 11.8 Å². The molecule has 1 aliphatic rings. The summed E-state index contributed by atoms with van der Waals surface area (Å²) in [6, 6.07) is 16.4. The van der Waals surface area contributed by atoms with Gasteiger partial charge in [-0.25, -0.2) is 0 Å². The van der Waals surface area contributed by atoms with E-state index in [1.54, 1.807) is 0 Å². The van der Waals surface area contributed by atoms with Gasteiger partial charge in [0.15, 0.2) is 0 Å². The number of aryl methyl sites for hydroxylation is 2. The maximum absolute atomic E-state index is 3.58. The van der Waals surface area contributed by atoms with Gasteiger partial charge in [-0.15, -0.1) is 11.8 Å². The highest BCUT2D eigenvalue weighted by Gasteiger charge is 2.19. The van der Waals surface area contributed by atoms with Crippen molar-refractivity contribution in [2.75, 3.05) is 0 Å². The molecule has 0 saturated heterocycles. The summed E-state index contributed by atoms with van der Waals surface area (Å²) in [5.74, 6) is 1.05. The minimum absolute atomic E-state index is 0.774. The average molecular weight is 297 g/mol. The van der Waals surface area contributed by atoms with Crippen LogP contribution in [0.5, 0.6) is 0 Å². The Bertz CT molecular complexity index is 617. The molecule has 1 N–H and O–H groups in total. The summed E-state index contributed by atoms with van der Waals surface area (Å²) in [6.45, 7) is 5.37. The van der Waals surface area contributed by atoms with Gasteiger partial charge >= 0.3 is 0 Å². The summed E-state index contributed by atoms with van der Waals surface area (Å²) < 4.78 is 0. The van der Waals surface area contributed by atoms with Crippen molar-refractivity contribution in [2.24, 2.45) is 0 Å². The molecule has 110 valence electrons. The second kappa shape index (κ2) is 6.67. The Balaban J connectivity index is 1.61. The van der Waals surface area contributed by atoms with Crippen LogP contribution < -0.4 is 5.32 Å². The molecule has 21 heavy (non-hydrogen) atoms. The summed E-state index contributed by atoms with van der Waals surface area (Å²) in [4.78, 5) is 1.37. The maximum atomic E-state index is 3.58. The number of rotatable bonds is 6. The second-order valence-electron chi connectivity index (χ2n) is 6.02. The zero-order chi connectivity index (χ0) is 14.7. The minimum Gasteiger partial charge on any atom is -0.310 e. The fourth-order valence-electron chi connectivity index (χ4n) is 2.41. The molecule has 0 unspecified atom stereocenters. The first-order valence-corrected chi connectivity index (χ1v) is 8.70. The predicted molar refractivity (Wildman–Crippen MR) is 91.8 cm³/mol. The number of nitrogens with one attached hydrogen (secondary N) is 1. The average Bonchev–Trinajstić information content (AvgIpc) is 3.31. The third kappa shape index (κ3) is 4.36. The highest BCUT2D eigenvalue weighted by atomic mass is 32.2. The zero-order valence-electron chi connectivity index (χ0n) is 12.9. The van der Waals surface area contributed by atoms with E-state index in [2.05, 4.69) is 61.6 Å². The van der Waals surface area contributed by atoms with Gasteiger partial charge in [-0.1, -0.05) is 35.9 Å². The molecule has 0 bridgehead atoms. The van der Waals surface area contributed by atoms with Crippen molar-refractivity contribution >= 4 is 11.8 Å². The van der Waals surface area contributed by atoms with E-state index in [0.717, 1.165) is 18.3 Å². The highest BCUT2D eigenvalue weighted by Crippen LogP contribution is 2.26. The first-order valence-electron chi connectivity index (χ1n) is 7.72. The van der Waals surface area contributed by atoms with Crippen LogP contribution in [-0.2, 0) is 12.3 Å². The summed E-state index contributed by atoms with van der Waals surface area (Å²) >= 11 is 1.93. The van der Waals surface area contributed by atoms with E-state index >= 15 is 0 Å². The molecule has 1 saturated carbocycles. The number of benzene rings is 2. The third-order valence-corrected chi connectivity index (χ3v) is 5.01. The molecule has 1 nitrogen and oxygen atoms in total. The molecule has 0 spiro atoms. The lowest BCUT2D eigenvalue weighted by molar-refractivity contribution is 0.687. The smallest absolute Gasteiger partial charge is 0.0234 e. The molecule has 0 radical (unpaired) electrons. The molecule has 0 atom stereocenters. The zero-order valence-corrected chi connectivity index (χ0v) is 13.7. The van der Waals surface area contributed by atoms with Crippen LogP contribution in [0.25, 0.3) is 0 Å². The van der Waals surface area contributed by atoms with Crippen LogP contribution in [0.15, 0.2) is 47.4 Å². The van der Waals surface area contributed by atoms with E-state index in [1.165, 1.54) is 40.0 Å². The van der Waals surface area contributed by atoms with E-state index in [9.17, 15) is 0 Å². The molecule has 0 heterocycles. The fraction of sp³-hybridized carbons (Fsp3) is 0.368. The van der Waals surface area contributed by atoms with Crippen molar-refractivity contribution in [3.8, 4) is 0 Å². The third-order valence-electron chi connectivity index (χ3n) is 3.97. The summed E-state index contributed by atoms with van der Waals surface area (Å²) in [5.41, 5.74) is 5.58. The molecule has 2 aromatic rings. The highest BCUT2D eigenvalue weighted by molar-refractivity contribution is 7.98. The van der Waals surface area contributed by atoms with E-state index in [-0.39, 0.29) is 0 Å². The molecular weight excluding hydrogens is 274 g/mol. The van der Waals surface area contributed by atoms with Gasteiger partial charge in [0, 0.05) is 23.2 Å². The Morgan fingerprint density at radius 2 is 1.95 bits per heavy atom. The van der Waals surface area contributed by atoms with Crippen LogP contribution in [0, 0.1) is 13.8 Å². The van der Waals surface area contributed by atoms with Gasteiger partial charge in [-0.2, -0.15) is 0 Å². The lowest BCUT2D eigenvalue weighted by atomic mass is 10.1. The molecule has 2 heteroatoms. The Labute approximate surface area is 132 Å². The van der Waals surface area contributed by atoms with Gasteiger partial charge in [-0.05, 0) is 55.5 Å². The molecule has 1 aliphatic carbocycles. The molecule has 0 aliphatic heterocycles. The molecule has 2 aromatic carbocycles. The molecule has 1 fully saturated rings. The first-order chi connectivity index (χ1) is 10.2. The van der Waals surface area contributed by atoms with Crippen molar-refractivity contribution in [3.63, 3.8) is 0 Å². The van der Waals surface area contributed by atoms with Crippen LogP contribution in [-0.4, -0.2) is 6.04 Å². The van der Waals surface area contributed by atoms with Crippen molar-refractivity contribution < 1.29 is 0 Å². The summed E-state index contributed by atoms with van der Waals surface area (Å²) in [7, 11) is 0. The Morgan fingerprint density at radius 3 is 2.76 bits per heavy atom. The van der Waals surface area contributed by atoms with Gasteiger partial charge < -0.3 is 5.32 Å². The first kappa shape index (κ1) is 14.7. The van der Waals surface area contributed by atoms with E-state index in [0.29, 0.717) is 0 Å². The van der Waals surface area contributed by atoms with Crippen LogP contribution in [0.4, 0.5) is 0 Å².